The van der Waals surface area contributed by atoms with E-state index in [0.717, 1.165) is 20.6 Å². The number of aryl methyl sites for hydroxylation is 2. The first kappa shape index (κ1) is 32.5. The van der Waals surface area contributed by atoms with Gasteiger partial charge in [0.25, 0.3) is 0 Å². The third-order valence-electron chi connectivity index (χ3n) is 3.10. The van der Waals surface area contributed by atoms with Crippen LogP contribution in [0.3, 0.4) is 0 Å². The van der Waals surface area contributed by atoms with Crippen molar-refractivity contribution in [1.29, 1.82) is 0 Å². The van der Waals surface area contributed by atoms with Crippen LogP contribution in [0.2, 0.25) is 13.1 Å². The van der Waals surface area contributed by atoms with Gasteiger partial charge in [0.2, 0.25) is 0 Å². The van der Waals surface area contributed by atoms with Crippen LogP contribution in [-0.4, -0.2) is 33.6 Å². The summed E-state index contributed by atoms with van der Waals surface area (Å²) in [6, 6.07) is 5.51. The minimum atomic E-state index is 0. The Labute approximate surface area is 184 Å². The van der Waals surface area contributed by atoms with Crippen molar-refractivity contribution in [2.45, 2.75) is 40.8 Å². The third-order valence-corrected chi connectivity index (χ3v) is 3.10. The maximum absolute atomic E-state index is 8.99. The fraction of sp³-hybridized carbons (Fsp3) is 0.474. The van der Waals surface area contributed by atoms with E-state index in [1.807, 2.05) is 34.0 Å². The molecule has 2 rings (SSSR count). The fourth-order valence-corrected chi connectivity index (χ4v) is 1.93. The largest absolute Gasteiger partial charge is 0.508 e. The Kier molecular flexibility index (Phi) is 22.4. The molecular formula is C19H33Cl2NOSiTi-. The van der Waals surface area contributed by atoms with Gasteiger partial charge in [-0.2, -0.15) is 11.6 Å². The maximum atomic E-state index is 8.99. The van der Waals surface area contributed by atoms with Crippen LogP contribution in [-0.2, 0) is 21.7 Å². The van der Waals surface area contributed by atoms with Gasteiger partial charge in [0.15, 0.2) is 0 Å². The summed E-state index contributed by atoms with van der Waals surface area (Å²) in [4.78, 5) is 2.09. The van der Waals surface area contributed by atoms with E-state index >= 15 is 0 Å². The van der Waals surface area contributed by atoms with E-state index in [-0.39, 0.29) is 46.5 Å². The number of phenolic OH excluding ortho intramolecular Hbond substituents is 1. The van der Waals surface area contributed by atoms with E-state index < -0.39 is 0 Å². The molecule has 0 heterocycles. The minimum absolute atomic E-state index is 0. The van der Waals surface area contributed by atoms with Gasteiger partial charge in [0.05, 0.1) is 0 Å². The number of hydrogen-bond donors (Lipinski definition) is 1. The molecule has 0 aromatic heterocycles. The molecule has 0 aliphatic heterocycles. The second-order valence-corrected chi connectivity index (χ2v) is 7.11. The molecule has 1 atom stereocenters. The van der Waals surface area contributed by atoms with Crippen molar-refractivity contribution in [2.75, 3.05) is 14.1 Å². The maximum Gasteiger partial charge on any atom is 0.116 e. The van der Waals surface area contributed by atoms with Gasteiger partial charge in [-0.1, -0.05) is 38.9 Å². The zero-order valence-corrected chi connectivity index (χ0v) is 21.0. The number of benzene rings is 1. The van der Waals surface area contributed by atoms with E-state index in [2.05, 4.69) is 44.0 Å². The molecule has 1 radical (unpaired) electrons. The Bertz CT molecular complexity index is 484. The minimum Gasteiger partial charge on any atom is -0.508 e. The normalized spacial score (nSPS) is 13.8. The monoisotopic (exact) mass is 437 g/mol. The smallest absolute Gasteiger partial charge is 0.116 e. The van der Waals surface area contributed by atoms with Crippen LogP contribution in [0, 0.1) is 25.8 Å². The molecule has 1 aliphatic carbocycles. The molecule has 25 heavy (non-hydrogen) atoms. The summed E-state index contributed by atoms with van der Waals surface area (Å²) in [5, 5.41) is 8.99. The Hall–Kier alpha value is -0.189. The van der Waals surface area contributed by atoms with Gasteiger partial charge in [-0.05, 0) is 37.1 Å². The first-order chi connectivity index (χ1) is 10.2. The van der Waals surface area contributed by atoms with Crippen LogP contribution >= 0.6 is 24.8 Å². The Balaban J connectivity index is -0.000000139. The molecule has 1 aliphatic rings. The van der Waals surface area contributed by atoms with E-state index in [9.17, 15) is 0 Å². The molecule has 1 N–H and O–H groups in total. The van der Waals surface area contributed by atoms with Crippen molar-refractivity contribution >= 4 is 34.3 Å². The van der Waals surface area contributed by atoms with Gasteiger partial charge in [-0.25, -0.2) is 6.08 Å². The number of hydrogen-bond acceptors (Lipinski definition) is 2. The molecule has 0 spiro atoms. The quantitative estimate of drug-likeness (QED) is 0.481. The second-order valence-electron chi connectivity index (χ2n) is 5.96. The van der Waals surface area contributed by atoms with Crippen molar-refractivity contribution in [1.82, 2.24) is 4.90 Å². The molecule has 0 amide bonds. The first-order valence-electron chi connectivity index (χ1n) is 7.71. The average molecular weight is 438 g/mol. The molecule has 0 fully saturated rings. The van der Waals surface area contributed by atoms with Crippen LogP contribution in [0.4, 0.5) is 0 Å². The van der Waals surface area contributed by atoms with Gasteiger partial charge in [0.1, 0.15) is 5.75 Å². The average Bonchev–Trinajstić information content (AvgIpc) is 2.70. The third kappa shape index (κ3) is 14.6. The topological polar surface area (TPSA) is 23.5 Å². The predicted molar refractivity (Wildman–Crippen MR) is 114 cm³/mol. The van der Waals surface area contributed by atoms with Crippen molar-refractivity contribution in [3.05, 3.63) is 52.7 Å². The summed E-state index contributed by atoms with van der Waals surface area (Å²) in [5.41, 5.74) is 4.83. The van der Waals surface area contributed by atoms with Crippen LogP contribution in [0.15, 0.2) is 35.5 Å². The number of rotatable bonds is 1. The fourth-order valence-electron chi connectivity index (χ4n) is 1.93. The summed E-state index contributed by atoms with van der Waals surface area (Å²) in [6.07, 6.45) is 5.54. The zero-order valence-electron chi connectivity index (χ0n) is 16.7. The molecule has 0 bridgehead atoms. The van der Waals surface area contributed by atoms with Gasteiger partial charge < -0.3 is 10.0 Å². The summed E-state index contributed by atoms with van der Waals surface area (Å²) < 4.78 is 0. The zero-order chi connectivity index (χ0) is 17.3. The molecule has 1 unspecified atom stereocenters. The Morgan fingerprint density at radius 2 is 1.40 bits per heavy atom. The van der Waals surface area contributed by atoms with Crippen LogP contribution in [0.1, 0.15) is 25.0 Å². The summed E-state index contributed by atoms with van der Waals surface area (Å²) in [5.74, 6) is 0.866. The number of allylic oxidation sites excluding steroid dienone is 3. The number of phenols is 1. The van der Waals surface area contributed by atoms with E-state index in [1.165, 1.54) is 11.3 Å². The first-order valence-corrected chi connectivity index (χ1v) is 10.0. The molecule has 143 valence electrons. The molecule has 1 aromatic carbocycles. The SMILES string of the molecule is CC1=CC(N(C)C)=[C-]C1C.C[SiH]C.Cc1cc(C)cc(O)c1.Cl.Cl.[Ti]. The standard InChI is InChI=1S/C9H14N.C8H10O.C2H7Si.2ClH.Ti/c1-7-5-9(10(3)4)6-8(7)2;1-6-3-7(2)5-8(9)4-6;1-3-2;;;/h5,8H,1-4H3;3-5,9H,1-2H3;3H,1-2H3;2*1H;/q-1;;;;;. The number of halogens is 2. The molecule has 1 aromatic rings. The number of likely N-dealkylation sites (N-methyl/N-ethyl adjacent to an activating group) is 1. The molecule has 6 heteroatoms. The number of nitrogens with zero attached hydrogens (tertiary/aromatic N) is 1. The van der Waals surface area contributed by atoms with Crippen molar-refractivity contribution in [2.24, 2.45) is 5.92 Å². The van der Waals surface area contributed by atoms with Crippen LogP contribution in [0.25, 0.3) is 0 Å². The molecule has 0 saturated carbocycles. The van der Waals surface area contributed by atoms with Gasteiger partial charge >= 0.3 is 0 Å². The molecule has 0 saturated heterocycles. The van der Waals surface area contributed by atoms with E-state index in [1.54, 1.807) is 12.1 Å². The summed E-state index contributed by atoms with van der Waals surface area (Å²) in [6.45, 7) is 12.7. The van der Waals surface area contributed by atoms with Gasteiger partial charge in [-0.15, -0.1) is 30.5 Å². The van der Waals surface area contributed by atoms with E-state index in [4.69, 9.17) is 5.11 Å². The van der Waals surface area contributed by atoms with Gasteiger partial charge in [0, 0.05) is 45.3 Å². The number of aromatic hydroxyl groups is 1. The molecule has 2 nitrogen and oxygen atoms in total. The van der Waals surface area contributed by atoms with Crippen molar-refractivity contribution in [3.63, 3.8) is 0 Å². The molecular weight excluding hydrogens is 405 g/mol. The van der Waals surface area contributed by atoms with Gasteiger partial charge in [-0.3, -0.25) is 0 Å². The Morgan fingerprint density at radius 1 is 1.00 bits per heavy atom. The van der Waals surface area contributed by atoms with Crippen molar-refractivity contribution < 1.29 is 26.8 Å². The van der Waals surface area contributed by atoms with E-state index in [0.29, 0.717) is 11.7 Å². The second kappa shape index (κ2) is 17.2. The van der Waals surface area contributed by atoms with Crippen molar-refractivity contribution in [3.8, 4) is 5.75 Å². The van der Waals surface area contributed by atoms with Crippen LogP contribution < -0.4 is 0 Å². The predicted octanol–water partition coefficient (Wildman–Crippen LogP) is 5.20. The summed E-state index contributed by atoms with van der Waals surface area (Å²) >= 11 is 0. The summed E-state index contributed by atoms with van der Waals surface area (Å²) in [7, 11) is 4.84. The van der Waals surface area contributed by atoms with Crippen LogP contribution in [0.5, 0.6) is 5.75 Å². The Morgan fingerprint density at radius 3 is 1.60 bits per heavy atom.